The van der Waals surface area contributed by atoms with Gasteiger partial charge in [-0.2, -0.15) is 0 Å². The van der Waals surface area contributed by atoms with Crippen molar-refractivity contribution in [2.24, 2.45) is 18.0 Å². The molecule has 2 aliphatic rings. The molecule has 0 spiro atoms. The highest BCUT2D eigenvalue weighted by Gasteiger charge is 2.34. The van der Waals surface area contributed by atoms with Crippen molar-refractivity contribution in [3.05, 3.63) is 22.4 Å². The molecular formula is C17H28BrN5. The fraction of sp³-hybridized carbons (Fsp3) is 0.706. The Morgan fingerprint density at radius 1 is 1.43 bits per heavy atom. The quantitative estimate of drug-likeness (QED) is 0.627. The molecule has 23 heavy (non-hydrogen) atoms. The molecule has 0 radical (unpaired) electrons. The fourth-order valence-corrected chi connectivity index (χ4v) is 4.03. The lowest BCUT2D eigenvalue weighted by molar-refractivity contribution is 0.313. The van der Waals surface area contributed by atoms with E-state index in [1.165, 1.54) is 38.0 Å². The summed E-state index contributed by atoms with van der Waals surface area (Å²) in [4.78, 5) is 9.30. The Morgan fingerprint density at radius 3 is 2.83 bits per heavy atom. The molecule has 1 atom stereocenters. The molecule has 0 aromatic carbocycles. The summed E-state index contributed by atoms with van der Waals surface area (Å²) in [6.45, 7) is 4.41. The van der Waals surface area contributed by atoms with Crippen LogP contribution in [0.4, 0.5) is 0 Å². The number of nitrogens with one attached hydrogen (secondary N) is 1. The minimum Gasteiger partial charge on any atom is -0.356 e. The zero-order valence-electron chi connectivity index (χ0n) is 14.4. The average molecular weight is 382 g/mol. The normalized spacial score (nSPS) is 22.6. The third kappa shape index (κ3) is 4.29. The van der Waals surface area contributed by atoms with E-state index in [1.54, 1.807) is 0 Å². The number of hydrogen-bond donors (Lipinski definition) is 1. The summed E-state index contributed by atoms with van der Waals surface area (Å²) >= 11 is 3.53. The maximum atomic E-state index is 4.44. The molecule has 128 valence electrons. The van der Waals surface area contributed by atoms with Crippen molar-refractivity contribution in [2.75, 3.05) is 33.7 Å². The van der Waals surface area contributed by atoms with E-state index in [1.807, 2.05) is 7.05 Å². The van der Waals surface area contributed by atoms with Gasteiger partial charge in [0.2, 0.25) is 0 Å². The first-order valence-electron chi connectivity index (χ1n) is 8.53. The molecule has 2 fully saturated rings. The zero-order chi connectivity index (χ0) is 16.4. The molecule has 1 aromatic rings. The van der Waals surface area contributed by atoms with Crippen LogP contribution in [0.5, 0.6) is 0 Å². The molecule has 1 N–H and O–H groups in total. The SMILES string of the molecule is CN=C(NCC1CCN(C2CC2)C1)N(C)Cc1cc(Br)cn1C. The van der Waals surface area contributed by atoms with Gasteiger partial charge in [0.05, 0.1) is 6.54 Å². The summed E-state index contributed by atoms with van der Waals surface area (Å²) in [7, 11) is 6.04. The Hall–Kier alpha value is -1.01. The number of rotatable bonds is 5. The van der Waals surface area contributed by atoms with Crippen LogP contribution in [-0.4, -0.2) is 60.1 Å². The van der Waals surface area contributed by atoms with Crippen LogP contribution in [0.15, 0.2) is 21.7 Å². The second-order valence-electron chi connectivity index (χ2n) is 6.93. The summed E-state index contributed by atoms with van der Waals surface area (Å²) in [6, 6.07) is 3.06. The third-order valence-electron chi connectivity index (χ3n) is 4.98. The number of aryl methyl sites for hydroxylation is 1. The highest BCUT2D eigenvalue weighted by atomic mass is 79.9. The van der Waals surface area contributed by atoms with Crippen molar-refractivity contribution in [1.82, 2.24) is 19.7 Å². The van der Waals surface area contributed by atoms with E-state index >= 15 is 0 Å². The van der Waals surface area contributed by atoms with Gasteiger partial charge >= 0.3 is 0 Å². The van der Waals surface area contributed by atoms with Crippen LogP contribution in [0, 0.1) is 5.92 Å². The van der Waals surface area contributed by atoms with Crippen LogP contribution in [0.2, 0.25) is 0 Å². The van der Waals surface area contributed by atoms with Crippen molar-refractivity contribution in [1.29, 1.82) is 0 Å². The number of aliphatic imine (C=N–C) groups is 1. The van der Waals surface area contributed by atoms with Gasteiger partial charge in [0, 0.05) is 56.6 Å². The van der Waals surface area contributed by atoms with E-state index in [2.05, 4.69) is 67.0 Å². The van der Waals surface area contributed by atoms with E-state index in [9.17, 15) is 0 Å². The molecule has 1 saturated heterocycles. The van der Waals surface area contributed by atoms with Gasteiger partial charge in [-0.1, -0.05) is 0 Å². The van der Waals surface area contributed by atoms with Crippen LogP contribution in [0.3, 0.4) is 0 Å². The summed E-state index contributed by atoms with van der Waals surface area (Å²) in [5.41, 5.74) is 1.27. The van der Waals surface area contributed by atoms with Crippen molar-refractivity contribution < 1.29 is 0 Å². The summed E-state index contributed by atoms with van der Waals surface area (Å²) < 4.78 is 3.27. The van der Waals surface area contributed by atoms with Crippen molar-refractivity contribution in [3.8, 4) is 0 Å². The van der Waals surface area contributed by atoms with E-state index in [0.717, 1.165) is 35.5 Å². The first kappa shape index (κ1) is 16.8. The molecule has 6 heteroatoms. The minimum absolute atomic E-state index is 0.755. The van der Waals surface area contributed by atoms with Gasteiger partial charge in [-0.15, -0.1) is 0 Å². The first-order chi connectivity index (χ1) is 11.1. The fourth-order valence-electron chi connectivity index (χ4n) is 3.46. The number of hydrogen-bond acceptors (Lipinski definition) is 2. The number of aromatic nitrogens is 1. The monoisotopic (exact) mass is 381 g/mol. The number of guanidine groups is 1. The van der Waals surface area contributed by atoms with Gasteiger partial charge < -0.3 is 19.7 Å². The van der Waals surface area contributed by atoms with Crippen molar-refractivity contribution in [3.63, 3.8) is 0 Å². The van der Waals surface area contributed by atoms with Gasteiger partial charge in [0.25, 0.3) is 0 Å². The topological polar surface area (TPSA) is 35.8 Å². The minimum atomic E-state index is 0.755. The van der Waals surface area contributed by atoms with Crippen molar-refractivity contribution in [2.45, 2.75) is 31.8 Å². The number of nitrogens with zero attached hydrogens (tertiary/aromatic N) is 4. The smallest absolute Gasteiger partial charge is 0.193 e. The molecule has 1 unspecified atom stereocenters. The molecule has 1 aliphatic heterocycles. The first-order valence-corrected chi connectivity index (χ1v) is 9.32. The van der Waals surface area contributed by atoms with Crippen LogP contribution >= 0.6 is 15.9 Å². The Bertz CT molecular complexity index is 563. The molecule has 3 rings (SSSR count). The Balaban J connectivity index is 1.48. The molecule has 1 aromatic heterocycles. The molecule has 0 bridgehead atoms. The summed E-state index contributed by atoms with van der Waals surface area (Å²) in [5, 5.41) is 3.57. The highest BCUT2D eigenvalue weighted by Crippen LogP contribution is 2.31. The second-order valence-corrected chi connectivity index (χ2v) is 7.84. The predicted molar refractivity (Wildman–Crippen MR) is 98.6 cm³/mol. The lowest BCUT2D eigenvalue weighted by atomic mass is 10.1. The molecule has 2 heterocycles. The van der Waals surface area contributed by atoms with E-state index < -0.39 is 0 Å². The third-order valence-corrected chi connectivity index (χ3v) is 5.41. The molecular weight excluding hydrogens is 354 g/mol. The lowest BCUT2D eigenvalue weighted by Crippen LogP contribution is -2.41. The molecule has 0 amide bonds. The number of halogens is 1. The van der Waals surface area contributed by atoms with Crippen molar-refractivity contribution >= 4 is 21.9 Å². The Kier molecular flexibility index (Phi) is 5.31. The van der Waals surface area contributed by atoms with Gasteiger partial charge in [-0.3, -0.25) is 4.99 Å². The summed E-state index contributed by atoms with van der Waals surface area (Å²) in [5.74, 6) is 1.73. The molecule has 5 nitrogen and oxygen atoms in total. The molecule has 1 saturated carbocycles. The van der Waals surface area contributed by atoms with Gasteiger partial charge in [0.15, 0.2) is 5.96 Å². The average Bonchev–Trinajstić information content (AvgIpc) is 3.17. The second kappa shape index (κ2) is 7.26. The number of likely N-dealkylation sites (tertiary alicyclic amines) is 1. The molecule has 1 aliphatic carbocycles. The van der Waals surface area contributed by atoms with Gasteiger partial charge in [-0.05, 0) is 53.7 Å². The highest BCUT2D eigenvalue weighted by molar-refractivity contribution is 9.10. The van der Waals surface area contributed by atoms with E-state index in [0.29, 0.717) is 0 Å². The largest absolute Gasteiger partial charge is 0.356 e. The van der Waals surface area contributed by atoms with Gasteiger partial charge in [-0.25, -0.2) is 0 Å². The maximum absolute atomic E-state index is 4.44. The van der Waals surface area contributed by atoms with Gasteiger partial charge in [0.1, 0.15) is 0 Å². The van der Waals surface area contributed by atoms with Crippen LogP contribution in [-0.2, 0) is 13.6 Å². The van der Waals surface area contributed by atoms with Crippen LogP contribution in [0.25, 0.3) is 0 Å². The Morgan fingerprint density at radius 2 is 2.22 bits per heavy atom. The van der Waals surface area contributed by atoms with Crippen LogP contribution in [0.1, 0.15) is 25.0 Å². The lowest BCUT2D eigenvalue weighted by Gasteiger charge is -2.24. The van der Waals surface area contributed by atoms with Crippen LogP contribution < -0.4 is 5.32 Å². The zero-order valence-corrected chi connectivity index (χ0v) is 16.0. The van der Waals surface area contributed by atoms with E-state index in [4.69, 9.17) is 0 Å². The Labute approximate surface area is 147 Å². The van der Waals surface area contributed by atoms with E-state index in [-0.39, 0.29) is 0 Å². The standard InChI is InChI=1S/C17H28BrN5/c1-19-17(22(3)12-16-8-14(18)11-21(16)2)20-9-13-6-7-23(10-13)15-4-5-15/h8,11,13,15H,4-7,9-10,12H2,1-3H3,(H,19,20). The maximum Gasteiger partial charge on any atom is 0.193 e. The summed E-state index contributed by atoms with van der Waals surface area (Å²) in [6.07, 6.45) is 6.23. The predicted octanol–water partition coefficient (Wildman–Crippen LogP) is 2.28.